The van der Waals surface area contributed by atoms with Crippen molar-refractivity contribution in [1.29, 1.82) is 0 Å². The van der Waals surface area contributed by atoms with Crippen LogP contribution >= 0.6 is 0 Å². The molecule has 10 heteroatoms. The second-order valence-corrected chi connectivity index (χ2v) is 5.94. The highest BCUT2D eigenvalue weighted by molar-refractivity contribution is 5.82. The van der Waals surface area contributed by atoms with Crippen LogP contribution in [0.4, 0.5) is 8.78 Å². The van der Waals surface area contributed by atoms with Crippen molar-refractivity contribution in [2.75, 3.05) is 6.61 Å². The standard InChI is InChI=1S/C16H16F2O8/c1-5-2-9(20)25-14-6(5)3-7(17)15(10(14)18)26-16-13(23)12(22)11(21)8(4-19)24-16/h2-3,8,11-13,16,19,21-23H,4H2,1H3/t8?,11-,12?,13?,16-/m1/s1. The van der Waals surface area contributed by atoms with E-state index >= 15 is 0 Å². The molecule has 4 N–H and O–H groups in total. The van der Waals surface area contributed by atoms with Crippen LogP contribution in [0.25, 0.3) is 11.0 Å². The van der Waals surface area contributed by atoms with E-state index in [2.05, 4.69) is 0 Å². The monoisotopic (exact) mass is 374 g/mol. The molecule has 0 aliphatic carbocycles. The minimum atomic E-state index is -1.85. The number of benzene rings is 1. The Morgan fingerprint density at radius 1 is 1.15 bits per heavy atom. The smallest absolute Gasteiger partial charge is 0.336 e. The van der Waals surface area contributed by atoms with Crippen LogP contribution in [0, 0.1) is 18.6 Å². The molecule has 1 aliphatic heterocycles. The van der Waals surface area contributed by atoms with Crippen LogP contribution in [0.15, 0.2) is 21.3 Å². The fourth-order valence-electron chi connectivity index (χ4n) is 2.75. The van der Waals surface area contributed by atoms with Gasteiger partial charge in [-0.15, -0.1) is 0 Å². The van der Waals surface area contributed by atoms with Crippen molar-refractivity contribution in [1.82, 2.24) is 0 Å². The number of rotatable bonds is 3. The second-order valence-electron chi connectivity index (χ2n) is 5.94. The minimum Gasteiger partial charge on any atom is -0.456 e. The van der Waals surface area contributed by atoms with Crippen molar-refractivity contribution in [2.24, 2.45) is 0 Å². The van der Waals surface area contributed by atoms with E-state index in [4.69, 9.17) is 19.0 Å². The lowest BCUT2D eigenvalue weighted by atomic mass is 9.99. The zero-order valence-electron chi connectivity index (χ0n) is 13.4. The summed E-state index contributed by atoms with van der Waals surface area (Å²) in [5.41, 5.74) is -1.11. The van der Waals surface area contributed by atoms with Crippen LogP contribution in [0.2, 0.25) is 0 Å². The molecule has 5 atom stereocenters. The summed E-state index contributed by atoms with van der Waals surface area (Å²) in [6.45, 7) is 0.734. The molecule has 2 heterocycles. The van der Waals surface area contributed by atoms with E-state index in [1.165, 1.54) is 6.92 Å². The van der Waals surface area contributed by atoms with E-state index < -0.39 is 65.9 Å². The summed E-state index contributed by atoms with van der Waals surface area (Å²) in [6.07, 6.45) is -8.39. The van der Waals surface area contributed by atoms with Gasteiger partial charge in [0.25, 0.3) is 0 Å². The van der Waals surface area contributed by atoms with Crippen LogP contribution in [-0.2, 0) is 4.74 Å². The van der Waals surface area contributed by atoms with Crippen LogP contribution in [0.1, 0.15) is 5.56 Å². The predicted octanol–water partition coefficient (Wildman–Crippen LogP) is -0.442. The summed E-state index contributed by atoms with van der Waals surface area (Å²) < 4.78 is 43.7. The summed E-state index contributed by atoms with van der Waals surface area (Å²) >= 11 is 0. The lowest BCUT2D eigenvalue weighted by molar-refractivity contribution is -0.278. The molecule has 2 aromatic rings. The Hall–Kier alpha value is -2.11. The lowest BCUT2D eigenvalue weighted by Gasteiger charge is -2.39. The van der Waals surface area contributed by atoms with E-state index in [0.29, 0.717) is 0 Å². The first kappa shape index (κ1) is 18.7. The van der Waals surface area contributed by atoms with Gasteiger partial charge in [-0.1, -0.05) is 0 Å². The SMILES string of the molecule is Cc1cc(=O)oc2c(F)c(O[C@H]3OC(CO)[C@@H](O)C(O)C3O)c(F)cc12. The first-order valence-corrected chi connectivity index (χ1v) is 7.64. The van der Waals surface area contributed by atoms with E-state index in [1.807, 2.05) is 0 Å². The van der Waals surface area contributed by atoms with Gasteiger partial charge in [-0.2, -0.15) is 4.39 Å². The highest BCUT2D eigenvalue weighted by atomic mass is 19.1. The molecular formula is C16H16F2O8. The van der Waals surface area contributed by atoms with Crippen LogP contribution in [-0.4, -0.2) is 57.7 Å². The molecule has 142 valence electrons. The van der Waals surface area contributed by atoms with Crippen LogP contribution < -0.4 is 10.4 Å². The van der Waals surface area contributed by atoms with Gasteiger partial charge in [0.2, 0.25) is 12.1 Å². The molecule has 3 unspecified atom stereocenters. The Balaban J connectivity index is 2.02. The van der Waals surface area contributed by atoms with Gasteiger partial charge in [-0.3, -0.25) is 0 Å². The maximum Gasteiger partial charge on any atom is 0.336 e. The zero-order valence-corrected chi connectivity index (χ0v) is 13.4. The number of hydrogen-bond acceptors (Lipinski definition) is 8. The third-order valence-electron chi connectivity index (χ3n) is 4.18. The van der Waals surface area contributed by atoms with Crippen molar-refractivity contribution in [2.45, 2.75) is 37.6 Å². The van der Waals surface area contributed by atoms with Gasteiger partial charge in [0.1, 0.15) is 24.4 Å². The minimum absolute atomic E-state index is 0.0146. The summed E-state index contributed by atoms with van der Waals surface area (Å²) in [7, 11) is 0. The van der Waals surface area contributed by atoms with E-state index in [1.54, 1.807) is 0 Å². The maximum absolute atomic E-state index is 14.6. The number of hydrogen-bond donors (Lipinski definition) is 4. The number of aliphatic hydroxyl groups is 4. The molecular weight excluding hydrogens is 358 g/mol. The van der Waals surface area contributed by atoms with Gasteiger partial charge in [-0.25, -0.2) is 9.18 Å². The third kappa shape index (κ3) is 3.06. The average molecular weight is 374 g/mol. The Labute approximate surface area is 144 Å². The zero-order chi connectivity index (χ0) is 19.2. The summed E-state index contributed by atoms with van der Waals surface area (Å²) in [5.74, 6) is -3.50. The van der Waals surface area contributed by atoms with Crippen LogP contribution in [0.3, 0.4) is 0 Å². The number of halogens is 2. The topological polar surface area (TPSA) is 130 Å². The Bertz CT molecular complexity index is 881. The summed E-state index contributed by atoms with van der Waals surface area (Å²) in [6, 6.07) is 1.95. The highest BCUT2D eigenvalue weighted by Gasteiger charge is 2.45. The van der Waals surface area contributed by atoms with Crippen molar-refractivity contribution >= 4 is 11.0 Å². The molecule has 0 radical (unpaired) electrons. The molecule has 1 aromatic carbocycles. The number of aliphatic hydroxyl groups excluding tert-OH is 4. The second kappa shape index (κ2) is 6.89. The lowest BCUT2D eigenvalue weighted by Crippen LogP contribution is -2.60. The molecule has 1 aromatic heterocycles. The molecule has 26 heavy (non-hydrogen) atoms. The molecule has 0 spiro atoms. The van der Waals surface area contributed by atoms with Gasteiger partial charge < -0.3 is 34.3 Å². The molecule has 1 fully saturated rings. The molecule has 0 amide bonds. The fourth-order valence-corrected chi connectivity index (χ4v) is 2.75. The Kier molecular flexibility index (Phi) is 4.95. The van der Waals surface area contributed by atoms with Crippen molar-refractivity contribution in [3.05, 3.63) is 39.8 Å². The van der Waals surface area contributed by atoms with Crippen molar-refractivity contribution in [3.8, 4) is 5.75 Å². The molecule has 8 nitrogen and oxygen atoms in total. The molecule has 0 bridgehead atoms. The normalized spacial score (nSPS) is 29.1. The van der Waals surface area contributed by atoms with E-state index in [9.17, 15) is 28.9 Å². The largest absolute Gasteiger partial charge is 0.456 e. The van der Waals surface area contributed by atoms with Crippen LogP contribution in [0.5, 0.6) is 5.75 Å². The fraction of sp³-hybridized carbons (Fsp3) is 0.438. The first-order chi connectivity index (χ1) is 12.2. The molecule has 0 saturated carbocycles. The van der Waals surface area contributed by atoms with Gasteiger partial charge in [0.15, 0.2) is 17.1 Å². The van der Waals surface area contributed by atoms with Gasteiger partial charge >= 0.3 is 5.63 Å². The Morgan fingerprint density at radius 3 is 2.50 bits per heavy atom. The van der Waals surface area contributed by atoms with Gasteiger partial charge in [-0.05, 0) is 18.6 Å². The molecule has 1 saturated heterocycles. The summed E-state index contributed by atoms with van der Waals surface area (Å²) in [5, 5.41) is 38.5. The molecule has 3 rings (SSSR count). The number of ether oxygens (including phenoxy) is 2. The predicted molar refractivity (Wildman–Crippen MR) is 81.5 cm³/mol. The van der Waals surface area contributed by atoms with Crippen molar-refractivity contribution in [3.63, 3.8) is 0 Å². The number of aryl methyl sites for hydroxylation is 1. The summed E-state index contributed by atoms with van der Waals surface area (Å²) in [4.78, 5) is 11.4. The highest BCUT2D eigenvalue weighted by Crippen LogP contribution is 2.33. The quantitative estimate of drug-likeness (QED) is 0.532. The third-order valence-corrected chi connectivity index (χ3v) is 4.18. The maximum atomic E-state index is 14.6. The Morgan fingerprint density at radius 2 is 1.85 bits per heavy atom. The van der Waals surface area contributed by atoms with Gasteiger partial charge in [0.05, 0.1) is 6.61 Å². The van der Waals surface area contributed by atoms with Crippen molar-refractivity contribution < 1.29 is 43.1 Å². The first-order valence-electron chi connectivity index (χ1n) is 7.64. The van der Waals surface area contributed by atoms with E-state index in [-0.39, 0.29) is 10.9 Å². The number of fused-ring (bicyclic) bond motifs is 1. The van der Waals surface area contributed by atoms with Gasteiger partial charge in [0, 0.05) is 11.5 Å². The molecule has 1 aliphatic rings. The van der Waals surface area contributed by atoms with E-state index in [0.717, 1.165) is 12.1 Å². The average Bonchev–Trinajstić information content (AvgIpc) is 2.59.